The Morgan fingerprint density at radius 2 is 1.93 bits per heavy atom. The summed E-state index contributed by atoms with van der Waals surface area (Å²) in [5.74, 6) is -3.35. The highest BCUT2D eigenvalue weighted by Gasteiger charge is 2.47. The van der Waals surface area contributed by atoms with E-state index < -0.39 is 18.4 Å². The van der Waals surface area contributed by atoms with Crippen molar-refractivity contribution >= 4 is 22.3 Å². The van der Waals surface area contributed by atoms with Gasteiger partial charge in [0.15, 0.2) is 11.8 Å². The summed E-state index contributed by atoms with van der Waals surface area (Å²) in [5, 5.41) is 0.892. The summed E-state index contributed by atoms with van der Waals surface area (Å²) in [4.78, 5) is 22.9. The molecule has 1 aromatic carbocycles. The second-order valence-corrected chi connectivity index (χ2v) is 7.30. The minimum absolute atomic E-state index is 0.0668. The lowest BCUT2D eigenvalue weighted by atomic mass is 10.0. The Morgan fingerprint density at radius 3 is 2.83 bits per heavy atom. The molecule has 30 heavy (non-hydrogen) atoms. The molecule has 5 rings (SSSR count). The standard InChI is InChI=1S/C22H18F2N4O2/c23-22(24)10-12-27(21(29)20-17-7-3-4-11-28(17)14-25-20)13-18(22)30-19-9-8-15-5-1-2-6-16(15)26-19/h1-9,11,14,18H,10,12-13H2/t18-/m0/s1. The van der Waals surface area contributed by atoms with Crippen LogP contribution in [-0.4, -0.2) is 50.3 Å². The van der Waals surface area contributed by atoms with E-state index in [1.54, 1.807) is 40.9 Å². The zero-order valence-electron chi connectivity index (χ0n) is 15.9. The number of carbonyl (C=O) groups excluding carboxylic acids is 1. The third-order valence-electron chi connectivity index (χ3n) is 5.34. The lowest BCUT2D eigenvalue weighted by molar-refractivity contribution is -0.131. The number of carbonyl (C=O) groups is 1. The van der Waals surface area contributed by atoms with Crippen molar-refractivity contribution in [3.8, 4) is 5.88 Å². The molecule has 0 unspecified atom stereocenters. The molecule has 0 radical (unpaired) electrons. The molecule has 1 saturated heterocycles. The van der Waals surface area contributed by atoms with Gasteiger partial charge >= 0.3 is 0 Å². The first-order chi connectivity index (χ1) is 14.5. The molecule has 8 heteroatoms. The van der Waals surface area contributed by atoms with Gasteiger partial charge in [-0.2, -0.15) is 0 Å². The minimum Gasteiger partial charge on any atom is -0.466 e. The molecule has 152 valence electrons. The van der Waals surface area contributed by atoms with Crippen molar-refractivity contribution in [3.05, 3.63) is 72.8 Å². The van der Waals surface area contributed by atoms with E-state index in [-0.39, 0.29) is 30.6 Å². The van der Waals surface area contributed by atoms with E-state index in [9.17, 15) is 13.6 Å². The van der Waals surface area contributed by atoms with Crippen LogP contribution < -0.4 is 4.74 Å². The van der Waals surface area contributed by atoms with E-state index in [4.69, 9.17) is 4.74 Å². The Labute approximate surface area is 170 Å². The highest BCUT2D eigenvalue weighted by atomic mass is 19.3. The van der Waals surface area contributed by atoms with Gasteiger partial charge in [-0.15, -0.1) is 0 Å². The number of hydrogen-bond acceptors (Lipinski definition) is 4. The van der Waals surface area contributed by atoms with Crippen LogP contribution in [0, 0.1) is 0 Å². The van der Waals surface area contributed by atoms with Crippen LogP contribution >= 0.6 is 0 Å². The van der Waals surface area contributed by atoms with Crippen LogP contribution in [0.1, 0.15) is 16.9 Å². The molecule has 1 atom stereocenters. The van der Waals surface area contributed by atoms with Crippen molar-refractivity contribution in [2.24, 2.45) is 0 Å². The number of imidazole rings is 1. The molecular weight excluding hydrogens is 390 g/mol. The van der Waals surface area contributed by atoms with Crippen LogP contribution in [0.25, 0.3) is 16.4 Å². The summed E-state index contributed by atoms with van der Waals surface area (Å²) >= 11 is 0. The Morgan fingerprint density at radius 1 is 1.10 bits per heavy atom. The van der Waals surface area contributed by atoms with Crippen LogP contribution in [-0.2, 0) is 0 Å². The molecule has 1 fully saturated rings. The molecule has 0 N–H and O–H groups in total. The summed E-state index contributed by atoms with van der Waals surface area (Å²) in [5.41, 5.74) is 1.53. The van der Waals surface area contributed by atoms with Crippen molar-refractivity contribution in [2.75, 3.05) is 13.1 Å². The fraction of sp³-hybridized carbons (Fsp3) is 0.227. The Kier molecular flexibility index (Phi) is 4.34. The van der Waals surface area contributed by atoms with Gasteiger partial charge < -0.3 is 14.0 Å². The second-order valence-electron chi connectivity index (χ2n) is 7.30. The van der Waals surface area contributed by atoms with Gasteiger partial charge in [0.2, 0.25) is 5.88 Å². The maximum atomic E-state index is 14.6. The number of aromatic nitrogens is 3. The van der Waals surface area contributed by atoms with Crippen molar-refractivity contribution in [3.63, 3.8) is 0 Å². The average Bonchev–Trinajstić information content (AvgIpc) is 3.19. The normalized spacial score (nSPS) is 18.6. The largest absolute Gasteiger partial charge is 0.466 e. The lowest BCUT2D eigenvalue weighted by Crippen LogP contribution is -2.55. The summed E-state index contributed by atoms with van der Waals surface area (Å²) in [7, 11) is 0. The van der Waals surface area contributed by atoms with Gasteiger partial charge in [-0.1, -0.05) is 24.3 Å². The van der Waals surface area contributed by atoms with Crippen LogP contribution in [0.2, 0.25) is 0 Å². The molecule has 1 aliphatic heterocycles. The maximum absolute atomic E-state index is 14.6. The topological polar surface area (TPSA) is 59.7 Å². The zero-order chi connectivity index (χ0) is 20.7. The predicted molar refractivity (Wildman–Crippen MR) is 107 cm³/mol. The van der Waals surface area contributed by atoms with Crippen LogP contribution in [0.4, 0.5) is 8.78 Å². The second kappa shape index (κ2) is 7.05. The third-order valence-corrected chi connectivity index (χ3v) is 5.34. The van der Waals surface area contributed by atoms with Crippen LogP contribution in [0.5, 0.6) is 5.88 Å². The SMILES string of the molecule is O=C(c1ncn2ccccc12)N1CCC(F)(F)[C@@H](Oc2ccc3ccccc3n2)C1. The third kappa shape index (κ3) is 3.24. The molecule has 1 aliphatic rings. The number of fused-ring (bicyclic) bond motifs is 2. The summed E-state index contributed by atoms with van der Waals surface area (Å²) < 4.78 is 36.5. The van der Waals surface area contributed by atoms with Gasteiger partial charge in [-0.3, -0.25) is 4.79 Å². The molecule has 0 aliphatic carbocycles. The summed E-state index contributed by atoms with van der Waals surface area (Å²) in [6.07, 6.45) is 1.34. The average molecular weight is 408 g/mol. The van der Waals surface area contributed by atoms with E-state index >= 15 is 0 Å². The number of likely N-dealkylation sites (tertiary alicyclic amines) is 1. The van der Waals surface area contributed by atoms with Crippen molar-refractivity contribution < 1.29 is 18.3 Å². The van der Waals surface area contributed by atoms with E-state index in [1.807, 2.05) is 24.3 Å². The number of nitrogens with zero attached hydrogens (tertiary/aromatic N) is 4. The first-order valence-corrected chi connectivity index (χ1v) is 9.62. The number of piperidine rings is 1. The number of halogens is 2. The van der Waals surface area contributed by atoms with Gasteiger partial charge in [-0.05, 0) is 24.3 Å². The molecule has 1 amide bonds. The van der Waals surface area contributed by atoms with E-state index in [0.717, 1.165) is 5.39 Å². The lowest BCUT2D eigenvalue weighted by Gasteiger charge is -2.37. The quantitative estimate of drug-likeness (QED) is 0.517. The number of para-hydroxylation sites is 1. The number of alkyl halides is 2. The monoisotopic (exact) mass is 408 g/mol. The smallest absolute Gasteiger partial charge is 0.287 e. The van der Waals surface area contributed by atoms with Crippen LogP contribution in [0.15, 0.2) is 67.1 Å². The molecule has 6 nitrogen and oxygen atoms in total. The van der Waals surface area contributed by atoms with Gasteiger partial charge in [0.25, 0.3) is 11.8 Å². The van der Waals surface area contributed by atoms with Crippen molar-refractivity contribution in [1.82, 2.24) is 19.3 Å². The first-order valence-electron chi connectivity index (χ1n) is 9.62. The first kappa shape index (κ1) is 18.5. The fourth-order valence-electron chi connectivity index (χ4n) is 3.69. The predicted octanol–water partition coefficient (Wildman–Crippen LogP) is 3.81. The van der Waals surface area contributed by atoms with Gasteiger partial charge in [0, 0.05) is 30.6 Å². The minimum atomic E-state index is -3.07. The molecule has 0 bridgehead atoms. The van der Waals surface area contributed by atoms with Gasteiger partial charge in [-0.25, -0.2) is 18.7 Å². The summed E-state index contributed by atoms with van der Waals surface area (Å²) in [6.45, 7) is -0.311. The number of amides is 1. The summed E-state index contributed by atoms with van der Waals surface area (Å²) in [6, 6.07) is 16.1. The molecule has 4 aromatic rings. The molecule has 3 aromatic heterocycles. The van der Waals surface area contributed by atoms with E-state index in [0.29, 0.717) is 11.0 Å². The van der Waals surface area contributed by atoms with Crippen molar-refractivity contribution in [1.29, 1.82) is 0 Å². The van der Waals surface area contributed by atoms with Gasteiger partial charge in [0.1, 0.15) is 6.33 Å². The number of rotatable bonds is 3. The number of hydrogen-bond donors (Lipinski definition) is 0. The van der Waals surface area contributed by atoms with Crippen molar-refractivity contribution in [2.45, 2.75) is 18.4 Å². The number of benzene rings is 1. The Balaban J connectivity index is 1.39. The molecule has 0 spiro atoms. The maximum Gasteiger partial charge on any atom is 0.287 e. The molecular formula is C22H18F2N4O2. The van der Waals surface area contributed by atoms with Gasteiger partial charge in [0.05, 0.1) is 17.6 Å². The van der Waals surface area contributed by atoms with E-state index in [1.165, 1.54) is 11.2 Å². The van der Waals surface area contributed by atoms with E-state index in [2.05, 4.69) is 9.97 Å². The Hall–Kier alpha value is -3.55. The molecule has 0 saturated carbocycles. The zero-order valence-corrected chi connectivity index (χ0v) is 15.9. The fourth-order valence-corrected chi connectivity index (χ4v) is 3.69. The molecule has 4 heterocycles. The van der Waals surface area contributed by atoms with Crippen LogP contribution in [0.3, 0.4) is 0 Å². The Bertz CT molecular complexity index is 1240. The highest BCUT2D eigenvalue weighted by Crippen LogP contribution is 2.32. The number of ether oxygens (including phenoxy) is 1. The number of pyridine rings is 2. The highest BCUT2D eigenvalue weighted by molar-refractivity contribution is 5.99.